The van der Waals surface area contributed by atoms with Crippen LogP contribution in [0, 0.1) is 11.6 Å². The van der Waals surface area contributed by atoms with E-state index in [2.05, 4.69) is 9.97 Å². The van der Waals surface area contributed by atoms with E-state index in [0.29, 0.717) is 23.5 Å². The zero-order valence-electron chi connectivity index (χ0n) is 8.37. The Labute approximate surface area is 90.8 Å². The summed E-state index contributed by atoms with van der Waals surface area (Å²) in [7, 11) is 0. The maximum absolute atomic E-state index is 13.0. The fraction of sp³-hybridized carbons (Fsp3) is 0.182. The van der Waals surface area contributed by atoms with Gasteiger partial charge in [0.25, 0.3) is 0 Å². The number of nitrogens with zero attached hydrogens (tertiary/aromatic N) is 1. The minimum atomic E-state index is -0.893. The molecule has 0 bridgehead atoms. The standard InChI is InChI=1S/C11H10F2N2O/c12-8-2-1-7(5-9(8)13)10-6-14-11(15-10)3-4-16/h1-2,5-6,16H,3-4H2,(H,14,15). The summed E-state index contributed by atoms with van der Waals surface area (Å²) in [5, 5.41) is 8.71. The van der Waals surface area contributed by atoms with Crippen molar-refractivity contribution < 1.29 is 13.9 Å². The molecule has 0 unspecified atom stereocenters. The number of hydrogen-bond donors (Lipinski definition) is 2. The SMILES string of the molecule is OCCc1ncc(-c2ccc(F)c(F)c2)[nH]1. The lowest BCUT2D eigenvalue weighted by Crippen LogP contribution is -1.92. The fourth-order valence-corrected chi connectivity index (χ4v) is 1.41. The van der Waals surface area contributed by atoms with E-state index in [1.165, 1.54) is 12.3 Å². The molecule has 0 saturated carbocycles. The van der Waals surface area contributed by atoms with Crippen LogP contribution in [0.2, 0.25) is 0 Å². The summed E-state index contributed by atoms with van der Waals surface area (Å²) in [4.78, 5) is 6.92. The lowest BCUT2D eigenvalue weighted by molar-refractivity contribution is 0.297. The predicted molar refractivity (Wildman–Crippen MR) is 54.7 cm³/mol. The Hall–Kier alpha value is -1.75. The topological polar surface area (TPSA) is 48.9 Å². The monoisotopic (exact) mass is 224 g/mol. The van der Waals surface area contributed by atoms with Crippen molar-refractivity contribution in [3.05, 3.63) is 41.9 Å². The number of nitrogens with one attached hydrogen (secondary N) is 1. The van der Waals surface area contributed by atoms with E-state index < -0.39 is 11.6 Å². The summed E-state index contributed by atoms with van der Waals surface area (Å²) in [5.74, 6) is -1.16. The third-order valence-electron chi connectivity index (χ3n) is 2.21. The number of aromatic amines is 1. The van der Waals surface area contributed by atoms with E-state index in [1.54, 1.807) is 0 Å². The molecule has 0 atom stereocenters. The van der Waals surface area contributed by atoms with Crippen molar-refractivity contribution >= 4 is 0 Å². The van der Waals surface area contributed by atoms with Crippen LogP contribution in [-0.2, 0) is 6.42 Å². The number of halogens is 2. The quantitative estimate of drug-likeness (QED) is 0.836. The first-order valence-electron chi connectivity index (χ1n) is 4.81. The molecule has 1 heterocycles. The van der Waals surface area contributed by atoms with E-state index in [1.807, 2.05) is 0 Å². The Kier molecular flexibility index (Phi) is 2.96. The summed E-state index contributed by atoms with van der Waals surface area (Å²) >= 11 is 0. The number of H-pyrrole nitrogens is 1. The minimum Gasteiger partial charge on any atom is -0.396 e. The van der Waals surface area contributed by atoms with E-state index in [0.717, 1.165) is 12.1 Å². The predicted octanol–water partition coefficient (Wildman–Crippen LogP) is 1.89. The third-order valence-corrected chi connectivity index (χ3v) is 2.21. The summed E-state index contributed by atoms with van der Waals surface area (Å²) in [6.07, 6.45) is 1.93. The van der Waals surface area contributed by atoms with Gasteiger partial charge in [0, 0.05) is 12.0 Å². The van der Waals surface area contributed by atoms with E-state index in [9.17, 15) is 8.78 Å². The number of imidazole rings is 1. The molecule has 1 aromatic carbocycles. The Morgan fingerprint density at radius 3 is 2.75 bits per heavy atom. The molecule has 1 aromatic heterocycles. The molecule has 0 amide bonds. The van der Waals surface area contributed by atoms with Crippen molar-refractivity contribution in [2.24, 2.45) is 0 Å². The molecule has 84 valence electrons. The first-order chi connectivity index (χ1) is 7.70. The molecule has 0 radical (unpaired) electrons. The normalized spacial score (nSPS) is 10.7. The minimum absolute atomic E-state index is 0.00919. The lowest BCUT2D eigenvalue weighted by atomic mass is 10.1. The van der Waals surface area contributed by atoms with Gasteiger partial charge in [-0.3, -0.25) is 0 Å². The largest absolute Gasteiger partial charge is 0.396 e. The third kappa shape index (κ3) is 2.09. The Morgan fingerprint density at radius 2 is 2.06 bits per heavy atom. The van der Waals surface area contributed by atoms with Gasteiger partial charge in [0.15, 0.2) is 11.6 Å². The number of hydrogen-bond acceptors (Lipinski definition) is 2. The van der Waals surface area contributed by atoms with Gasteiger partial charge in [-0.15, -0.1) is 0 Å². The molecule has 3 nitrogen and oxygen atoms in total. The van der Waals surface area contributed by atoms with Gasteiger partial charge in [0.05, 0.1) is 18.5 Å². The zero-order valence-corrected chi connectivity index (χ0v) is 8.37. The number of rotatable bonds is 3. The van der Waals surface area contributed by atoms with Gasteiger partial charge in [-0.05, 0) is 18.2 Å². The van der Waals surface area contributed by atoms with Crippen molar-refractivity contribution in [1.82, 2.24) is 9.97 Å². The van der Waals surface area contributed by atoms with Crippen LogP contribution in [0.25, 0.3) is 11.3 Å². The molecule has 0 aliphatic heterocycles. The lowest BCUT2D eigenvalue weighted by Gasteiger charge is -1.98. The average Bonchev–Trinajstić information content (AvgIpc) is 2.71. The zero-order chi connectivity index (χ0) is 11.5. The molecule has 5 heteroatoms. The van der Waals surface area contributed by atoms with Gasteiger partial charge >= 0.3 is 0 Å². The Balaban J connectivity index is 2.31. The second kappa shape index (κ2) is 4.40. The van der Waals surface area contributed by atoms with E-state index >= 15 is 0 Å². The van der Waals surface area contributed by atoms with Crippen LogP contribution in [0.1, 0.15) is 5.82 Å². The highest BCUT2D eigenvalue weighted by Crippen LogP contribution is 2.19. The molecule has 0 aliphatic carbocycles. The summed E-state index contributed by atoms with van der Waals surface area (Å²) in [5.41, 5.74) is 1.12. The molecule has 16 heavy (non-hydrogen) atoms. The second-order valence-corrected chi connectivity index (χ2v) is 3.35. The van der Waals surface area contributed by atoms with Crippen LogP contribution in [0.3, 0.4) is 0 Å². The van der Waals surface area contributed by atoms with Crippen LogP contribution >= 0.6 is 0 Å². The summed E-state index contributed by atoms with van der Waals surface area (Å²) < 4.78 is 25.7. The highest BCUT2D eigenvalue weighted by atomic mass is 19.2. The molecule has 0 saturated heterocycles. The first-order valence-corrected chi connectivity index (χ1v) is 4.81. The highest BCUT2D eigenvalue weighted by molar-refractivity contribution is 5.58. The Bertz CT molecular complexity index is 496. The molecule has 2 N–H and O–H groups in total. The van der Waals surface area contributed by atoms with Crippen LogP contribution in [0.5, 0.6) is 0 Å². The van der Waals surface area contributed by atoms with Crippen LogP contribution in [-0.4, -0.2) is 21.7 Å². The molecule has 0 aliphatic rings. The van der Waals surface area contributed by atoms with Crippen molar-refractivity contribution in [3.63, 3.8) is 0 Å². The molecule has 0 spiro atoms. The van der Waals surface area contributed by atoms with Gasteiger partial charge in [-0.25, -0.2) is 13.8 Å². The van der Waals surface area contributed by atoms with Crippen LogP contribution < -0.4 is 0 Å². The van der Waals surface area contributed by atoms with Crippen molar-refractivity contribution in [2.45, 2.75) is 6.42 Å². The maximum Gasteiger partial charge on any atom is 0.159 e. The van der Waals surface area contributed by atoms with Gasteiger partial charge < -0.3 is 10.1 Å². The molecular weight excluding hydrogens is 214 g/mol. The van der Waals surface area contributed by atoms with Crippen LogP contribution in [0.4, 0.5) is 8.78 Å². The van der Waals surface area contributed by atoms with Crippen LogP contribution in [0.15, 0.2) is 24.4 Å². The van der Waals surface area contributed by atoms with E-state index in [4.69, 9.17) is 5.11 Å². The van der Waals surface area contributed by atoms with Gasteiger partial charge in [-0.1, -0.05) is 0 Å². The van der Waals surface area contributed by atoms with Crippen molar-refractivity contribution in [1.29, 1.82) is 0 Å². The number of aliphatic hydroxyl groups excluding tert-OH is 1. The molecule has 2 rings (SSSR count). The highest BCUT2D eigenvalue weighted by Gasteiger charge is 2.06. The molecule has 0 fully saturated rings. The number of benzene rings is 1. The smallest absolute Gasteiger partial charge is 0.159 e. The second-order valence-electron chi connectivity index (χ2n) is 3.35. The summed E-state index contributed by atoms with van der Waals surface area (Å²) in [6, 6.07) is 3.64. The molecular formula is C11H10F2N2O. The van der Waals surface area contributed by atoms with E-state index in [-0.39, 0.29) is 6.61 Å². The Morgan fingerprint density at radius 1 is 1.25 bits per heavy atom. The fourth-order valence-electron chi connectivity index (χ4n) is 1.41. The van der Waals surface area contributed by atoms with Crippen molar-refractivity contribution in [3.8, 4) is 11.3 Å². The number of aliphatic hydroxyl groups is 1. The van der Waals surface area contributed by atoms with Gasteiger partial charge in [0.1, 0.15) is 5.82 Å². The van der Waals surface area contributed by atoms with Crippen molar-refractivity contribution in [2.75, 3.05) is 6.61 Å². The maximum atomic E-state index is 13.0. The average molecular weight is 224 g/mol. The first kappa shape index (κ1) is 10.8. The van der Waals surface area contributed by atoms with Gasteiger partial charge in [-0.2, -0.15) is 0 Å². The number of aromatic nitrogens is 2. The van der Waals surface area contributed by atoms with Gasteiger partial charge in [0.2, 0.25) is 0 Å². The summed E-state index contributed by atoms with van der Waals surface area (Å²) in [6.45, 7) is -0.00919. The molecule has 2 aromatic rings.